The van der Waals surface area contributed by atoms with E-state index in [2.05, 4.69) is 12.2 Å². The first-order valence-electron chi connectivity index (χ1n) is 4.02. The molecule has 0 bridgehead atoms. The van der Waals surface area contributed by atoms with Crippen LogP contribution in [0.4, 0.5) is 0 Å². The van der Waals surface area contributed by atoms with Crippen LogP contribution in [0.25, 0.3) is 0 Å². The van der Waals surface area contributed by atoms with Gasteiger partial charge in [0.25, 0.3) is 0 Å². The predicted octanol–water partition coefficient (Wildman–Crippen LogP) is 1.31. The molecule has 0 atom stereocenters. The zero-order valence-electron chi connectivity index (χ0n) is 6.47. The maximum Gasteiger partial charge on any atom is 0.207 e. The highest BCUT2D eigenvalue weighted by molar-refractivity contribution is 5.46. The lowest BCUT2D eigenvalue weighted by Crippen LogP contribution is -2.31. The zero-order valence-corrected chi connectivity index (χ0v) is 6.47. The van der Waals surface area contributed by atoms with E-state index in [1.807, 2.05) is 0 Å². The first-order chi connectivity index (χ1) is 4.83. The predicted molar refractivity (Wildman–Crippen MR) is 40.6 cm³/mol. The van der Waals surface area contributed by atoms with Crippen molar-refractivity contribution in [1.29, 1.82) is 0 Å². The topological polar surface area (TPSA) is 29.1 Å². The molecule has 0 aromatic carbocycles. The van der Waals surface area contributed by atoms with Crippen LogP contribution in [0.2, 0.25) is 0 Å². The monoisotopic (exact) mass is 141 g/mol. The van der Waals surface area contributed by atoms with Crippen molar-refractivity contribution in [2.45, 2.75) is 38.6 Å². The van der Waals surface area contributed by atoms with E-state index in [0.29, 0.717) is 6.04 Å². The van der Waals surface area contributed by atoms with Gasteiger partial charge in [0.15, 0.2) is 0 Å². The van der Waals surface area contributed by atoms with E-state index in [0.717, 1.165) is 12.3 Å². The van der Waals surface area contributed by atoms with Gasteiger partial charge in [0.05, 0.1) is 0 Å². The van der Waals surface area contributed by atoms with Gasteiger partial charge in [-0.15, -0.1) is 0 Å². The van der Waals surface area contributed by atoms with Crippen molar-refractivity contribution >= 4 is 6.41 Å². The Morgan fingerprint density at radius 3 is 2.40 bits per heavy atom. The van der Waals surface area contributed by atoms with Crippen LogP contribution in [0.3, 0.4) is 0 Å². The number of nitrogens with one attached hydrogen (secondary N) is 1. The second-order valence-electron chi connectivity index (χ2n) is 3.24. The summed E-state index contributed by atoms with van der Waals surface area (Å²) in [4.78, 5) is 10.0. The molecule has 0 spiro atoms. The van der Waals surface area contributed by atoms with E-state index < -0.39 is 0 Å². The maximum absolute atomic E-state index is 10.0. The smallest absolute Gasteiger partial charge is 0.207 e. The third-order valence-corrected chi connectivity index (χ3v) is 2.32. The summed E-state index contributed by atoms with van der Waals surface area (Å²) in [5.74, 6) is 0.865. The molecule has 0 aliphatic heterocycles. The standard InChI is InChI=1S/C8H15NO/c1-7-2-4-8(5-3-7)9-6-10/h6-8H,2-5H2,1H3,(H,9,10)/t7-,8-. The molecule has 2 nitrogen and oxygen atoms in total. The lowest BCUT2D eigenvalue weighted by molar-refractivity contribution is -0.110. The first kappa shape index (κ1) is 7.58. The first-order valence-corrected chi connectivity index (χ1v) is 4.02. The molecule has 1 amide bonds. The van der Waals surface area contributed by atoms with Crippen molar-refractivity contribution in [3.8, 4) is 0 Å². The average molecular weight is 141 g/mol. The van der Waals surface area contributed by atoms with Crippen molar-refractivity contribution in [3.05, 3.63) is 0 Å². The molecule has 0 radical (unpaired) electrons. The van der Waals surface area contributed by atoms with E-state index in [9.17, 15) is 4.79 Å². The van der Waals surface area contributed by atoms with E-state index in [1.54, 1.807) is 0 Å². The molecule has 0 aromatic heterocycles. The van der Waals surface area contributed by atoms with Crippen LogP contribution in [0.5, 0.6) is 0 Å². The summed E-state index contributed by atoms with van der Waals surface area (Å²) in [6.45, 7) is 2.27. The number of carbonyl (C=O) groups is 1. The fourth-order valence-electron chi connectivity index (χ4n) is 1.52. The molecule has 1 aliphatic carbocycles. The average Bonchev–Trinajstić information content (AvgIpc) is 1.95. The van der Waals surface area contributed by atoms with Gasteiger partial charge in [0, 0.05) is 6.04 Å². The minimum atomic E-state index is 0.466. The molecule has 0 unspecified atom stereocenters. The Bertz CT molecular complexity index is 106. The third-order valence-electron chi connectivity index (χ3n) is 2.32. The molecular formula is C8H15NO. The van der Waals surface area contributed by atoms with Crippen LogP contribution in [0, 0.1) is 5.92 Å². The molecule has 58 valence electrons. The summed E-state index contributed by atoms with van der Waals surface area (Å²) >= 11 is 0. The van der Waals surface area contributed by atoms with Gasteiger partial charge in [-0.1, -0.05) is 6.92 Å². The zero-order chi connectivity index (χ0) is 7.40. The van der Waals surface area contributed by atoms with Gasteiger partial charge in [0.2, 0.25) is 6.41 Å². The number of hydrogen-bond acceptors (Lipinski definition) is 1. The van der Waals surface area contributed by atoms with Gasteiger partial charge in [-0.25, -0.2) is 0 Å². The molecule has 1 saturated carbocycles. The third kappa shape index (κ3) is 2.01. The van der Waals surface area contributed by atoms with Crippen molar-refractivity contribution in [1.82, 2.24) is 5.32 Å². The van der Waals surface area contributed by atoms with Crippen LogP contribution in [-0.2, 0) is 4.79 Å². The molecule has 1 aliphatic rings. The minimum absolute atomic E-state index is 0.466. The Labute approximate surface area is 62.0 Å². The Hall–Kier alpha value is -0.530. The molecule has 2 heteroatoms. The van der Waals surface area contributed by atoms with E-state index in [1.165, 1.54) is 25.7 Å². The second-order valence-corrected chi connectivity index (χ2v) is 3.24. The van der Waals surface area contributed by atoms with Gasteiger partial charge in [-0.3, -0.25) is 4.79 Å². The normalized spacial score (nSPS) is 33.3. The molecule has 10 heavy (non-hydrogen) atoms. The van der Waals surface area contributed by atoms with E-state index in [-0.39, 0.29) is 0 Å². The van der Waals surface area contributed by atoms with Crippen LogP contribution < -0.4 is 5.32 Å². The fourth-order valence-corrected chi connectivity index (χ4v) is 1.52. The summed E-state index contributed by atoms with van der Waals surface area (Å²) in [7, 11) is 0. The summed E-state index contributed by atoms with van der Waals surface area (Å²) in [6.07, 6.45) is 5.69. The molecule has 0 aromatic rings. The SMILES string of the molecule is C[C@H]1CC[C@H](NC=O)CC1. The highest BCUT2D eigenvalue weighted by atomic mass is 16.1. The van der Waals surface area contributed by atoms with Crippen LogP contribution in [0.15, 0.2) is 0 Å². The van der Waals surface area contributed by atoms with Gasteiger partial charge in [0.1, 0.15) is 0 Å². The maximum atomic E-state index is 10.0. The highest BCUT2D eigenvalue weighted by Gasteiger charge is 2.16. The molecular weight excluding hydrogens is 126 g/mol. The van der Waals surface area contributed by atoms with Crippen LogP contribution in [0.1, 0.15) is 32.6 Å². The van der Waals surface area contributed by atoms with Gasteiger partial charge in [-0.2, -0.15) is 0 Å². The van der Waals surface area contributed by atoms with Gasteiger partial charge in [-0.05, 0) is 31.6 Å². The summed E-state index contributed by atoms with van der Waals surface area (Å²) in [5, 5.41) is 2.82. The Morgan fingerprint density at radius 2 is 1.90 bits per heavy atom. The summed E-state index contributed by atoms with van der Waals surface area (Å²) < 4.78 is 0. The molecule has 1 fully saturated rings. The largest absolute Gasteiger partial charge is 0.356 e. The minimum Gasteiger partial charge on any atom is -0.356 e. The Morgan fingerprint density at radius 1 is 1.30 bits per heavy atom. The van der Waals surface area contributed by atoms with Gasteiger partial charge >= 0.3 is 0 Å². The van der Waals surface area contributed by atoms with Crippen LogP contribution >= 0.6 is 0 Å². The number of hydrogen-bond donors (Lipinski definition) is 1. The summed E-state index contributed by atoms with van der Waals surface area (Å²) in [6, 6.07) is 0.466. The van der Waals surface area contributed by atoms with Crippen molar-refractivity contribution in [2.24, 2.45) is 5.92 Å². The second kappa shape index (κ2) is 3.59. The number of amides is 1. The van der Waals surface area contributed by atoms with Crippen molar-refractivity contribution < 1.29 is 4.79 Å². The lowest BCUT2D eigenvalue weighted by Gasteiger charge is -2.25. The quantitative estimate of drug-likeness (QED) is 0.577. The lowest BCUT2D eigenvalue weighted by atomic mass is 9.87. The Kier molecular flexibility index (Phi) is 2.72. The van der Waals surface area contributed by atoms with Crippen molar-refractivity contribution in [3.63, 3.8) is 0 Å². The summed E-state index contributed by atoms with van der Waals surface area (Å²) in [5.41, 5.74) is 0. The van der Waals surface area contributed by atoms with E-state index in [4.69, 9.17) is 0 Å². The number of rotatable bonds is 2. The number of carbonyl (C=O) groups excluding carboxylic acids is 1. The Balaban J connectivity index is 2.19. The van der Waals surface area contributed by atoms with Gasteiger partial charge < -0.3 is 5.32 Å². The molecule has 1 rings (SSSR count). The van der Waals surface area contributed by atoms with Crippen LogP contribution in [-0.4, -0.2) is 12.5 Å². The van der Waals surface area contributed by atoms with E-state index >= 15 is 0 Å². The molecule has 1 N–H and O–H groups in total. The fraction of sp³-hybridized carbons (Fsp3) is 0.875. The molecule has 0 saturated heterocycles. The molecule has 0 heterocycles. The van der Waals surface area contributed by atoms with Crippen molar-refractivity contribution in [2.75, 3.05) is 0 Å². The highest BCUT2D eigenvalue weighted by Crippen LogP contribution is 2.22.